The Bertz CT molecular complexity index is 582. The lowest BCUT2D eigenvalue weighted by molar-refractivity contribution is 0.172. The highest BCUT2D eigenvalue weighted by atomic mass is 16.5. The molecule has 7 heteroatoms. The molecule has 2 N–H and O–H groups in total. The Morgan fingerprint density at radius 2 is 2.04 bits per heavy atom. The third-order valence-corrected chi connectivity index (χ3v) is 4.84. The van der Waals surface area contributed by atoms with Crippen LogP contribution in [0.1, 0.15) is 19.3 Å². The van der Waals surface area contributed by atoms with Gasteiger partial charge in [0.05, 0.1) is 6.61 Å². The van der Waals surface area contributed by atoms with E-state index in [2.05, 4.69) is 32.5 Å². The van der Waals surface area contributed by atoms with Crippen LogP contribution in [0.15, 0.2) is 29.3 Å². The number of guanidine groups is 1. The Labute approximate surface area is 170 Å². The first kappa shape index (κ1) is 22.5. The van der Waals surface area contributed by atoms with E-state index in [1.54, 1.807) is 14.2 Å². The topological polar surface area (TPSA) is 61.4 Å². The van der Waals surface area contributed by atoms with Crippen molar-refractivity contribution in [1.82, 2.24) is 15.1 Å². The summed E-state index contributed by atoms with van der Waals surface area (Å²) in [5.41, 5.74) is 0.966. The van der Waals surface area contributed by atoms with Gasteiger partial charge in [-0.2, -0.15) is 0 Å². The third kappa shape index (κ3) is 8.91. The molecule has 1 fully saturated rings. The van der Waals surface area contributed by atoms with Gasteiger partial charge in [-0.1, -0.05) is 6.07 Å². The van der Waals surface area contributed by atoms with Gasteiger partial charge in [-0.3, -0.25) is 4.99 Å². The zero-order valence-electron chi connectivity index (χ0n) is 17.7. The molecule has 28 heavy (non-hydrogen) atoms. The third-order valence-electron chi connectivity index (χ3n) is 4.84. The fourth-order valence-corrected chi connectivity index (χ4v) is 3.21. The molecular weight excluding hydrogens is 354 g/mol. The monoisotopic (exact) mass is 391 g/mol. The lowest BCUT2D eigenvalue weighted by Crippen LogP contribution is -2.35. The van der Waals surface area contributed by atoms with Crippen LogP contribution < -0.4 is 15.4 Å². The summed E-state index contributed by atoms with van der Waals surface area (Å²) in [5.74, 6) is 1.63. The minimum Gasteiger partial charge on any atom is -0.493 e. The molecule has 0 unspecified atom stereocenters. The molecule has 7 nitrogen and oxygen atoms in total. The van der Waals surface area contributed by atoms with Crippen molar-refractivity contribution in [3.63, 3.8) is 0 Å². The van der Waals surface area contributed by atoms with E-state index in [-0.39, 0.29) is 0 Å². The number of methoxy groups -OCH3 is 1. The van der Waals surface area contributed by atoms with Crippen molar-refractivity contribution in [3.8, 4) is 5.75 Å². The summed E-state index contributed by atoms with van der Waals surface area (Å²) in [7, 11) is 5.71. The van der Waals surface area contributed by atoms with Gasteiger partial charge < -0.3 is 29.9 Å². The number of likely N-dealkylation sites (N-methyl/N-ethyl adjacent to an activating group) is 1. The average Bonchev–Trinajstić information content (AvgIpc) is 2.92. The van der Waals surface area contributed by atoms with E-state index < -0.39 is 0 Å². The molecule has 0 spiro atoms. The number of benzene rings is 1. The SMILES string of the molecule is CN=C(NCCCN1CCCN(C)CC1)Nc1cccc(OCCCOC)c1. The van der Waals surface area contributed by atoms with E-state index >= 15 is 0 Å². The molecular formula is C21H37N5O2. The summed E-state index contributed by atoms with van der Waals surface area (Å²) >= 11 is 0. The highest BCUT2D eigenvalue weighted by molar-refractivity contribution is 5.93. The number of ether oxygens (including phenoxy) is 2. The van der Waals surface area contributed by atoms with Crippen molar-refractivity contribution in [2.24, 2.45) is 4.99 Å². The van der Waals surface area contributed by atoms with Crippen LogP contribution in [-0.4, -0.2) is 89.4 Å². The zero-order chi connectivity index (χ0) is 20.0. The molecule has 1 aromatic rings. The van der Waals surface area contributed by atoms with Crippen LogP contribution in [0.25, 0.3) is 0 Å². The van der Waals surface area contributed by atoms with Crippen molar-refractivity contribution in [3.05, 3.63) is 24.3 Å². The quantitative estimate of drug-likeness (QED) is 0.362. The smallest absolute Gasteiger partial charge is 0.195 e. The highest BCUT2D eigenvalue weighted by Crippen LogP contribution is 2.17. The molecule has 0 atom stereocenters. The summed E-state index contributed by atoms with van der Waals surface area (Å²) in [4.78, 5) is 9.30. The highest BCUT2D eigenvalue weighted by Gasteiger charge is 2.11. The number of anilines is 1. The fraction of sp³-hybridized carbons (Fsp3) is 0.667. The summed E-state index contributed by atoms with van der Waals surface area (Å²) < 4.78 is 10.8. The summed E-state index contributed by atoms with van der Waals surface area (Å²) in [6, 6.07) is 7.96. The second-order valence-electron chi connectivity index (χ2n) is 7.20. The molecule has 1 aliphatic rings. The average molecular weight is 392 g/mol. The van der Waals surface area contributed by atoms with Gasteiger partial charge in [-0.25, -0.2) is 0 Å². The predicted molar refractivity (Wildman–Crippen MR) is 117 cm³/mol. The Morgan fingerprint density at radius 3 is 2.86 bits per heavy atom. The van der Waals surface area contributed by atoms with E-state index in [9.17, 15) is 0 Å². The maximum atomic E-state index is 5.76. The number of hydrogen-bond donors (Lipinski definition) is 2. The van der Waals surface area contributed by atoms with Crippen molar-refractivity contribution < 1.29 is 9.47 Å². The maximum absolute atomic E-state index is 5.76. The van der Waals surface area contributed by atoms with E-state index in [0.717, 1.165) is 43.3 Å². The van der Waals surface area contributed by atoms with Gasteiger partial charge in [0.1, 0.15) is 5.75 Å². The molecule has 1 saturated heterocycles. The second kappa shape index (κ2) is 13.4. The Morgan fingerprint density at radius 1 is 1.14 bits per heavy atom. The minimum atomic E-state index is 0.649. The van der Waals surface area contributed by atoms with Crippen LogP contribution >= 0.6 is 0 Å². The van der Waals surface area contributed by atoms with Gasteiger partial charge in [-0.15, -0.1) is 0 Å². The van der Waals surface area contributed by atoms with Crippen LogP contribution in [0.4, 0.5) is 5.69 Å². The first-order valence-corrected chi connectivity index (χ1v) is 10.3. The number of rotatable bonds is 10. The molecule has 0 saturated carbocycles. The largest absolute Gasteiger partial charge is 0.493 e. The molecule has 0 amide bonds. The number of nitrogens with one attached hydrogen (secondary N) is 2. The number of hydrogen-bond acceptors (Lipinski definition) is 5. The van der Waals surface area contributed by atoms with Crippen LogP contribution in [-0.2, 0) is 4.74 Å². The first-order chi connectivity index (χ1) is 13.7. The number of aliphatic imine (C=N–C) groups is 1. The molecule has 1 aromatic carbocycles. The Kier molecular flexibility index (Phi) is 10.7. The van der Waals surface area contributed by atoms with Crippen molar-refractivity contribution in [2.75, 3.05) is 79.0 Å². The van der Waals surface area contributed by atoms with E-state index in [4.69, 9.17) is 9.47 Å². The molecule has 1 heterocycles. The zero-order valence-corrected chi connectivity index (χ0v) is 17.7. The molecule has 0 bridgehead atoms. The van der Waals surface area contributed by atoms with Crippen molar-refractivity contribution in [2.45, 2.75) is 19.3 Å². The minimum absolute atomic E-state index is 0.649. The molecule has 0 aromatic heterocycles. The molecule has 158 valence electrons. The second-order valence-corrected chi connectivity index (χ2v) is 7.20. The predicted octanol–water partition coefficient (Wildman–Crippen LogP) is 2.12. The number of nitrogens with zero attached hydrogens (tertiary/aromatic N) is 3. The lowest BCUT2D eigenvalue weighted by Gasteiger charge is -2.20. The first-order valence-electron chi connectivity index (χ1n) is 10.3. The van der Waals surface area contributed by atoms with E-state index in [0.29, 0.717) is 13.2 Å². The van der Waals surface area contributed by atoms with Gasteiger partial charge in [0.25, 0.3) is 0 Å². The van der Waals surface area contributed by atoms with E-state index in [1.165, 1.54) is 32.6 Å². The van der Waals surface area contributed by atoms with Gasteiger partial charge in [0.2, 0.25) is 0 Å². The fourth-order valence-electron chi connectivity index (χ4n) is 3.21. The standard InChI is InChI=1S/C21H37N5O2/c1-22-21(23-10-5-12-26-13-6-11-25(2)14-15-26)24-19-8-4-9-20(18-19)28-17-7-16-27-3/h4,8-9,18H,5-7,10-17H2,1-3H3,(H2,22,23,24). The lowest BCUT2D eigenvalue weighted by atomic mass is 10.3. The Balaban J connectivity index is 1.69. The van der Waals surface area contributed by atoms with E-state index in [1.807, 2.05) is 24.3 Å². The summed E-state index contributed by atoms with van der Waals surface area (Å²) in [6.45, 7) is 8.14. The van der Waals surface area contributed by atoms with Crippen molar-refractivity contribution in [1.29, 1.82) is 0 Å². The van der Waals surface area contributed by atoms with Crippen LogP contribution in [0.2, 0.25) is 0 Å². The summed E-state index contributed by atoms with van der Waals surface area (Å²) in [6.07, 6.45) is 3.24. The van der Waals surface area contributed by atoms with Gasteiger partial charge in [0.15, 0.2) is 5.96 Å². The molecule has 2 rings (SSSR count). The summed E-state index contributed by atoms with van der Waals surface area (Å²) in [5, 5.41) is 6.74. The normalized spacial score (nSPS) is 16.6. The van der Waals surface area contributed by atoms with Crippen LogP contribution in [0, 0.1) is 0 Å². The van der Waals surface area contributed by atoms with Gasteiger partial charge >= 0.3 is 0 Å². The molecule has 0 aliphatic carbocycles. The molecule has 1 aliphatic heterocycles. The van der Waals surface area contributed by atoms with Crippen LogP contribution in [0.3, 0.4) is 0 Å². The van der Waals surface area contributed by atoms with Gasteiger partial charge in [0, 0.05) is 58.6 Å². The maximum Gasteiger partial charge on any atom is 0.195 e. The van der Waals surface area contributed by atoms with Crippen molar-refractivity contribution >= 4 is 11.6 Å². The van der Waals surface area contributed by atoms with Gasteiger partial charge in [-0.05, 0) is 51.7 Å². The van der Waals surface area contributed by atoms with Crippen LogP contribution in [0.5, 0.6) is 5.75 Å². The molecule has 0 radical (unpaired) electrons. The Hall–Kier alpha value is -1.83.